The fourth-order valence-electron chi connectivity index (χ4n) is 1.58. The van der Waals surface area contributed by atoms with E-state index in [0.717, 1.165) is 0 Å². The van der Waals surface area contributed by atoms with Crippen LogP contribution in [-0.2, 0) is 0 Å². The van der Waals surface area contributed by atoms with Crippen LogP contribution in [0.5, 0.6) is 0 Å². The Labute approximate surface area is 96.4 Å². The van der Waals surface area contributed by atoms with Gasteiger partial charge in [0.2, 0.25) is 0 Å². The smallest absolute Gasteiger partial charge is 0.0595 e. The van der Waals surface area contributed by atoms with E-state index in [2.05, 4.69) is 22.0 Å². The van der Waals surface area contributed by atoms with Gasteiger partial charge in [0.1, 0.15) is 0 Å². The highest BCUT2D eigenvalue weighted by atomic mass is 79.9. The Balaban J connectivity index is 2.26. The molecule has 1 aromatic rings. The third-order valence-electron chi connectivity index (χ3n) is 2.56. The van der Waals surface area contributed by atoms with E-state index in [-0.39, 0.29) is 0 Å². The topological polar surface area (TPSA) is 0 Å². The first kappa shape index (κ1) is 9.82. The van der Waals surface area contributed by atoms with E-state index in [4.69, 9.17) is 23.2 Å². The highest BCUT2D eigenvalue weighted by molar-refractivity contribution is 9.09. The molecule has 2 unspecified atom stereocenters. The Morgan fingerprint density at radius 3 is 2.38 bits per heavy atom. The highest BCUT2D eigenvalue weighted by Crippen LogP contribution is 2.42. The van der Waals surface area contributed by atoms with Crippen LogP contribution in [0.2, 0.25) is 10.0 Å². The van der Waals surface area contributed by atoms with Crippen molar-refractivity contribution in [3.63, 3.8) is 0 Å². The lowest BCUT2D eigenvalue weighted by Crippen LogP contribution is -2.23. The van der Waals surface area contributed by atoms with Crippen LogP contribution >= 0.6 is 39.1 Å². The predicted molar refractivity (Wildman–Crippen MR) is 61.2 cm³/mol. The summed E-state index contributed by atoms with van der Waals surface area (Å²) in [6.07, 6.45) is 2.50. The van der Waals surface area contributed by atoms with Gasteiger partial charge in [0.25, 0.3) is 0 Å². The van der Waals surface area contributed by atoms with Gasteiger partial charge in [-0.25, -0.2) is 0 Å². The van der Waals surface area contributed by atoms with Crippen LogP contribution in [0.25, 0.3) is 0 Å². The van der Waals surface area contributed by atoms with Crippen molar-refractivity contribution >= 4 is 39.1 Å². The molecule has 3 heteroatoms. The minimum atomic E-state index is 0.616. The van der Waals surface area contributed by atoms with Crippen LogP contribution in [0.1, 0.15) is 24.3 Å². The van der Waals surface area contributed by atoms with Gasteiger partial charge >= 0.3 is 0 Å². The SMILES string of the molecule is Clc1ccc(C2CCC2Br)cc1Cl. The summed E-state index contributed by atoms with van der Waals surface area (Å²) in [5.41, 5.74) is 1.29. The van der Waals surface area contributed by atoms with E-state index >= 15 is 0 Å². The molecular weight excluding hydrogens is 271 g/mol. The average Bonchev–Trinajstić information content (AvgIpc) is 2.09. The minimum absolute atomic E-state index is 0.616. The summed E-state index contributed by atoms with van der Waals surface area (Å²) in [6.45, 7) is 0. The molecule has 1 aromatic carbocycles. The molecule has 0 aromatic heterocycles. The van der Waals surface area contributed by atoms with Crippen molar-refractivity contribution in [1.29, 1.82) is 0 Å². The van der Waals surface area contributed by atoms with E-state index < -0.39 is 0 Å². The minimum Gasteiger partial charge on any atom is -0.0884 e. The Bertz CT molecular complexity index is 325. The number of alkyl halides is 1. The molecule has 2 rings (SSSR count). The molecule has 2 atom stereocenters. The van der Waals surface area contributed by atoms with Crippen LogP contribution in [0.4, 0.5) is 0 Å². The summed E-state index contributed by atoms with van der Waals surface area (Å²) in [5, 5.41) is 1.29. The first-order valence-electron chi connectivity index (χ1n) is 4.27. The lowest BCUT2D eigenvalue weighted by atomic mass is 9.80. The molecule has 0 amide bonds. The zero-order valence-electron chi connectivity index (χ0n) is 6.93. The summed E-state index contributed by atoms with van der Waals surface area (Å²) in [7, 11) is 0. The van der Waals surface area contributed by atoms with Crippen LogP contribution < -0.4 is 0 Å². The van der Waals surface area contributed by atoms with Crippen molar-refractivity contribution in [2.24, 2.45) is 0 Å². The molecule has 0 aliphatic heterocycles. The molecule has 1 saturated carbocycles. The molecule has 70 valence electrons. The van der Waals surface area contributed by atoms with Crippen LogP contribution in [-0.4, -0.2) is 4.83 Å². The van der Waals surface area contributed by atoms with Crippen molar-refractivity contribution in [3.8, 4) is 0 Å². The third-order valence-corrected chi connectivity index (χ3v) is 4.40. The van der Waals surface area contributed by atoms with Crippen LogP contribution in [0.3, 0.4) is 0 Å². The van der Waals surface area contributed by atoms with Gasteiger partial charge in [-0.05, 0) is 36.5 Å². The maximum Gasteiger partial charge on any atom is 0.0595 e. The molecule has 0 saturated heterocycles. The zero-order chi connectivity index (χ0) is 9.42. The summed E-state index contributed by atoms with van der Waals surface area (Å²) >= 11 is 15.4. The molecule has 0 N–H and O–H groups in total. The monoisotopic (exact) mass is 278 g/mol. The lowest BCUT2D eigenvalue weighted by molar-refractivity contribution is 0.444. The van der Waals surface area contributed by atoms with Gasteiger partial charge < -0.3 is 0 Å². The van der Waals surface area contributed by atoms with Gasteiger partial charge in [-0.3, -0.25) is 0 Å². The fourth-order valence-corrected chi connectivity index (χ4v) is 2.72. The second kappa shape index (κ2) is 3.80. The molecule has 13 heavy (non-hydrogen) atoms. The summed E-state index contributed by atoms with van der Waals surface area (Å²) in [4.78, 5) is 0.616. The van der Waals surface area contributed by atoms with Crippen molar-refractivity contribution in [3.05, 3.63) is 33.8 Å². The van der Waals surface area contributed by atoms with Gasteiger partial charge in [-0.1, -0.05) is 45.2 Å². The Morgan fingerprint density at radius 2 is 1.92 bits per heavy atom. The third kappa shape index (κ3) is 1.88. The van der Waals surface area contributed by atoms with Gasteiger partial charge in [-0.15, -0.1) is 0 Å². The van der Waals surface area contributed by atoms with E-state index in [1.54, 1.807) is 0 Å². The summed E-state index contributed by atoms with van der Waals surface area (Å²) < 4.78 is 0. The summed E-state index contributed by atoms with van der Waals surface area (Å²) in [6, 6.07) is 5.91. The Kier molecular flexibility index (Phi) is 2.87. The van der Waals surface area contributed by atoms with Crippen LogP contribution in [0.15, 0.2) is 18.2 Å². The van der Waals surface area contributed by atoms with Gasteiger partial charge in [0.05, 0.1) is 10.0 Å². The van der Waals surface area contributed by atoms with Gasteiger partial charge in [0, 0.05) is 4.83 Å². The largest absolute Gasteiger partial charge is 0.0884 e. The molecule has 0 radical (unpaired) electrons. The number of halogens is 3. The first-order valence-corrected chi connectivity index (χ1v) is 5.94. The highest BCUT2D eigenvalue weighted by Gasteiger charge is 2.29. The van der Waals surface area contributed by atoms with Crippen molar-refractivity contribution in [2.45, 2.75) is 23.6 Å². The second-order valence-corrected chi connectivity index (χ2v) is 5.36. The fraction of sp³-hybridized carbons (Fsp3) is 0.400. The molecule has 1 aliphatic rings. The lowest BCUT2D eigenvalue weighted by Gasteiger charge is -2.32. The van der Waals surface area contributed by atoms with Gasteiger partial charge in [-0.2, -0.15) is 0 Å². The molecule has 0 spiro atoms. The van der Waals surface area contributed by atoms with Crippen LogP contribution in [0, 0.1) is 0 Å². The predicted octanol–water partition coefficient (Wildman–Crippen LogP) is 4.63. The van der Waals surface area contributed by atoms with Crippen molar-refractivity contribution in [1.82, 2.24) is 0 Å². The van der Waals surface area contributed by atoms with Crippen molar-refractivity contribution in [2.75, 3.05) is 0 Å². The second-order valence-electron chi connectivity index (χ2n) is 3.37. The van der Waals surface area contributed by atoms with E-state index in [9.17, 15) is 0 Å². The van der Waals surface area contributed by atoms with E-state index in [1.807, 2.05) is 12.1 Å². The quantitative estimate of drug-likeness (QED) is 0.658. The van der Waals surface area contributed by atoms with Crippen molar-refractivity contribution < 1.29 is 0 Å². The maximum atomic E-state index is 5.94. The Hall–Kier alpha value is 0.280. The molecule has 0 heterocycles. The number of rotatable bonds is 1. The first-order chi connectivity index (χ1) is 6.18. The normalized spacial score (nSPS) is 27.0. The Morgan fingerprint density at radius 1 is 1.15 bits per heavy atom. The molecular formula is C10H9BrCl2. The number of hydrogen-bond donors (Lipinski definition) is 0. The van der Waals surface area contributed by atoms with E-state index in [1.165, 1.54) is 18.4 Å². The average molecular weight is 280 g/mol. The number of benzene rings is 1. The van der Waals surface area contributed by atoms with E-state index in [0.29, 0.717) is 20.8 Å². The molecule has 1 fully saturated rings. The molecule has 1 aliphatic carbocycles. The zero-order valence-corrected chi connectivity index (χ0v) is 10.0. The number of hydrogen-bond acceptors (Lipinski definition) is 0. The van der Waals surface area contributed by atoms with Gasteiger partial charge in [0.15, 0.2) is 0 Å². The summed E-state index contributed by atoms with van der Waals surface area (Å²) in [5.74, 6) is 0.620. The molecule has 0 bridgehead atoms. The maximum absolute atomic E-state index is 5.94. The molecule has 0 nitrogen and oxygen atoms in total. The standard InChI is InChI=1S/C10H9BrCl2/c11-8-3-2-7(8)6-1-4-9(12)10(13)5-6/h1,4-5,7-8H,2-3H2.